The van der Waals surface area contributed by atoms with Crippen molar-refractivity contribution in [1.29, 1.82) is 5.41 Å². The SMILES string of the molecule is CCC1CCC(C/C=C/c2nc3cc(C(OCC(C)O)C(F)(F)F)cc(-c4nccs4)c3o2)C1=N. The van der Waals surface area contributed by atoms with Crippen molar-refractivity contribution in [2.45, 2.75) is 57.9 Å². The van der Waals surface area contributed by atoms with Crippen molar-refractivity contribution in [3.05, 3.63) is 41.2 Å². The number of rotatable bonds is 9. The summed E-state index contributed by atoms with van der Waals surface area (Å²) in [4.78, 5) is 8.66. The van der Waals surface area contributed by atoms with Gasteiger partial charge in [0.25, 0.3) is 0 Å². The van der Waals surface area contributed by atoms with Gasteiger partial charge >= 0.3 is 6.18 Å². The fourth-order valence-corrected chi connectivity index (χ4v) is 5.12. The third-order valence-corrected chi connectivity index (χ3v) is 7.02. The van der Waals surface area contributed by atoms with Crippen LogP contribution in [-0.4, -0.2) is 39.7 Å². The van der Waals surface area contributed by atoms with Crippen LogP contribution in [-0.2, 0) is 4.74 Å². The molecule has 1 fully saturated rings. The lowest BCUT2D eigenvalue weighted by molar-refractivity contribution is -0.228. The molecule has 0 saturated heterocycles. The van der Waals surface area contributed by atoms with Gasteiger partial charge in [0.1, 0.15) is 10.5 Å². The minimum Gasteiger partial charge on any atom is -0.436 e. The molecule has 10 heteroatoms. The van der Waals surface area contributed by atoms with E-state index in [1.165, 1.54) is 30.4 Å². The van der Waals surface area contributed by atoms with Gasteiger partial charge in [-0.2, -0.15) is 13.2 Å². The molecule has 1 saturated carbocycles. The first-order valence-electron chi connectivity index (χ1n) is 11.6. The van der Waals surface area contributed by atoms with E-state index in [9.17, 15) is 18.3 Å². The summed E-state index contributed by atoms with van der Waals surface area (Å²) in [6.07, 6.45) is 0.938. The second-order valence-corrected chi connectivity index (χ2v) is 9.78. The number of hydrogen-bond donors (Lipinski definition) is 2. The number of nitrogens with one attached hydrogen (secondary N) is 1. The largest absolute Gasteiger partial charge is 0.436 e. The molecule has 4 atom stereocenters. The number of halogens is 3. The van der Waals surface area contributed by atoms with Gasteiger partial charge in [0.15, 0.2) is 11.7 Å². The molecular formula is C25H28F3N3O3S. The Bertz CT molecular complexity index is 1190. The number of allylic oxidation sites excluding steroid dienone is 1. The summed E-state index contributed by atoms with van der Waals surface area (Å²) in [6.45, 7) is 3.00. The highest BCUT2D eigenvalue weighted by Gasteiger charge is 2.42. The minimum absolute atomic E-state index is 0.135. The van der Waals surface area contributed by atoms with Crippen LogP contribution in [0.1, 0.15) is 57.1 Å². The van der Waals surface area contributed by atoms with E-state index in [2.05, 4.69) is 16.9 Å². The van der Waals surface area contributed by atoms with E-state index in [-0.39, 0.29) is 22.9 Å². The highest BCUT2D eigenvalue weighted by Crippen LogP contribution is 2.41. The van der Waals surface area contributed by atoms with Crippen LogP contribution in [0.2, 0.25) is 0 Å². The number of aliphatic hydroxyl groups excluding tert-OH is 1. The van der Waals surface area contributed by atoms with E-state index in [1.54, 1.807) is 17.7 Å². The second kappa shape index (κ2) is 10.6. The number of oxazole rings is 1. The van der Waals surface area contributed by atoms with Crippen molar-refractivity contribution < 1.29 is 27.4 Å². The number of aromatic nitrogens is 2. The zero-order chi connectivity index (χ0) is 25.2. The molecule has 0 bridgehead atoms. The molecule has 1 aromatic carbocycles. The van der Waals surface area contributed by atoms with Crippen molar-refractivity contribution in [2.75, 3.05) is 6.61 Å². The number of aliphatic hydroxyl groups is 1. The summed E-state index contributed by atoms with van der Waals surface area (Å²) in [5.41, 5.74) is 1.67. The van der Waals surface area contributed by atoms with Crippen molar-refractivity contribution in [1.82, 2.24) is 9.97 Å². The molecule has 0 spiro atoms. The predicted octanol–water partition coefficient (Wildman–Crippen LogP) is 6.81. The van der Waals surface area contributed by atoms with Crippen LogP contribution in [0.4, 0.5) is 13.2 Å². The van der Waals surface area contributed by atoms with Crippen LogP contribution in [0, 0.1) is 17.2 Å². The van der Waals surface area contributed by atoms with Crippen molar-refractivity contribution in [3.8, 4) is 10.6 Å². The average Bonchev–Trinajstić information content (AvgIpc) is 3.53. The van der Waals surface area contributed by atoms with E-state index in [0.717, 1.165) is 25.0 Å². The maximum absolute atomic E-state index is 13.8. The standard InChI is InChI=1S/C25H28F3N3O3S/c1-3-15-7-8-16(21(15)29)5-4-6-20-31-19-12-17(23(25(26,27)28)33-13-14(2)32)11-18(22(19)34-20)24-30-9-10-35-24/h4,6,9-12,14-16,23,29,32H,3,5,7-8,13H2,1-2H3/b6-4+,29-21?. The summed E-state index contributed by atoms with van der Waals surface area (Å²) < 4.78 is 52.5. The van der Waals surface area contributed by atoms with Gasteiger partial charge in [-0.25, -0.2) is 9.97 Å². The summed E-state index contributed by atoms with van der Waals surface area (Å²) in [6, 6.07) is 2.68. The molecule has 4 unspecified atom stereocenters. The highest BCUT2D eigenvalue weighted by molar-refractivity contribution is 7.13. The smallest absolute Gasteiger partial charge is 0.418 e. The molecule has 0 radical (unpaired) electrons. The molecule has 3 aromatic rings. The Morgan fingerprint density at radius 2 is 2.09 bits per heavy atom. The Morgan fingerprint density at radius 3 is 2.71 bits per heavy atom. The molecule has 188 valence electrons. The van der Waals surface area contributed by atoms with Gasteiger partial charge in [-0.15, -0.1) is 11.3 Å². The number of benzene rings is 1. The molecule has 2 aromatic heterocycles. The van der Waals surface area contributed by atoms with Gasteiger partial charge in [0, 0.05) is 23.2 Å². The molecule has 0 amide bonds. The van der Waals surface area contributed by atoms with E-state index in [1.807, 2.05) is 6.08 Å². The first-order chi connectivity index (χ1) is 16.7. The normalized spacial score (nSPS) is 20.8. The van der Waals surface area contributed by atoms with Crippen LogP contribution in [0.5, 0.6) is 0 Å². The van der Waals surface area contributed by atoms with Gasteiger partial charge < -0.3 is 19.7 Å². The molecule has 2 N–H and O–H groups in total. The molecule has 2 heterocycles. The lowest BCUT2D eigenvalue weighted by Crippen LogP contribution is -2.26. The summed E-state index contributed by atoms with van der Waals surface area (Å²) >= 11 is 1.28. The average molecular weight is 508 g/mol. The third-order valence-electron chi connectivity index (χ3n) is 6.21. The minimum atomic E-state index is -4.68. The monoisotopic (exact) mass is 507 g/mol. The maximum Gasteiger partial charge on any atom is 0.418 e. The molecule has 1 aliphatic rings. The first kappa shape index (κ1) is 25.5. The van der Waals surface area contributed by atoms with Gasteiger partial charge in [-0.1, -0.05) is 13.0 Å². The number of fused-ring (bicyclic) bond motifs is 1. The van der Waals surface area contributed by atoms with Crippen LogP contribution < -0.4 is 0 Å². The van der Waals surface area contributed by atoms with Crippen LogP contribution >= 0.6 is 11.3 Å². The number of thiazole rings is 1. The van der Waals surface area contributed by atoms with Crippen LogP contribution in [0.3, 0.4) is 0 Å². The Labute approximate surface area is 205 Å². The molecule has 35 heavy (non-hydrogen) atoms. The van der Waals surface area contributed by atoms with Crippen molar-refractivity contribution in [3.63, 3.8) is 0 Å². The van der Waals surface area contributed by atoms with Crippen LogP contribution in [0.15, 0.2) is 34.2 Å². The number of hydrogen-bond acceptors (Lipinski definition) is 7. The lowest BCUT2D eigenvalue weighted by atomic mass is 9.97. The van der Waals surface area contributed by atoms with E-state index in [0.29, 0.717) is 28.5 Å². The number of ether oxygens (including phenoxy) is 1. The summed E-state index contributed by atoms with van der Waals surface area (Å²) in [5, 5.41) is 20.0. The zero-order valence-electron chi connectivity index (χ0n) is 19.5. The predicted molar refractivity (Wildman–Crippen MR) is 129 cm³/mol. The molecule has 6 nitrogen and oxygen atoms in total. The molecule has 4 rings (SSSR count). The number of nitrogens with zero attached hydrogens (tertiary/aromatic N) is 2. The number of alkyl halides is 3. The summed E-state index contributed by atoms with van der Waals surface area (Å²) in [7, 11) is 0. The van der Waals surface area contributed by atoms with Crippen LogP contribution in [0.25, 0.3) is 27.7 Å². The van der Waals surface area contributed by atoms with E-state index < -0.39 is 25.0 Å². The molecular weight excluding hydrogens is 479 g/mol. The lowest BCUT2D eigenvalue weighted by Gasteiger charge is -2.22. The zero-order valence-corrected chi connectivity index (χ0v) is 20.3. The fourth-order valence-electron chi connectivity index (χ4n) is 4.47. The molecule has 0 aliphatic heterocycles. The third kappa shape index (κ3) is 5.82. The second-order valence-electron chi connectivity index (χ2n) is 8.88. The summed E-state index contributed by atoms with van der Waals surface area (Å²) in [5.74, 6) is 0.839. The Kier molecular flexibility index (Phi) is 7.73. The maximum atomic E-state index is 13.8. The Balaban J connectivity index is 1.67. The quantitative estimate of drug-likeness (QED) is 0.332. The van der Waals surface area contributed by atoms with Gasteiger partial charge in [0.05, 0.1) is 18.3 Å². The van der Waals surface area contributed by atoms with Gasteiger partial charge in [-0.05, 0) is 62.3 Å². The Hall–Kier alpha value is -2.56. The van der Waals surface area contributed by atoms with E-state index in [4.69, 9.17) is 14.6 Å². The van der Waals surface area contributed by atoms with Crippen molar-refractivity contribution in [2.24, 2.45) is 11.8 Å². The topological polar surface area (TPSA) is 92.2 Å². The van der Waals surface area contributed by atoms with Crippen molar-refractivity contribution >= 4 is 34.2 Å². The fraction of sp³-hybridized carbons (Fsp3) is 0.480. The van der Waals surface area contributed by atoms with Gasteiger partial charge in [-0.3, -0.25) is 0 Å². The van der Waals surface area contributed by atoms with Gasteiger partial charge in [0.2, 0.25) is 5.89 Å². The highest BCUT2D eigenvalue weighted by atomic mass is 32.1. The van der Waals surface area contributed by atoms with E-state index >= 15 is 0 Å². The Morgan fingerprint density at radius 1 is 1.31 bits per heavy atom. The first-order valence-corrected chi connectivity index (χ1v) is 12.5. The molecule has 1 aliphatic carbocycles.